The van der Waals surface area contributed by atoms with Gasteiger partial charge < -0.3 is 4.90 Å². The molecule has 5 nitrogen and oxygen atoms in total. The Morgan fingerprint density at radius 2 is 1.93 bits per heavy atom. The van der Waals surface area contributed by atoms with Crippen LogP contribution in [0, 0.1) is 10.1 Å². The predicted molar refractivity (Wildman–Crippen MR) is 112 cm³/mol. The summed E-state index contributed by atoms with van der Waals surface area (Å²) in [6.45, 7) is 3.08. The molecular weight excluding hydrogens is 352 g/mol. The highest BCUT2D eigenvalue weighted by atomic mass is 16.6. The van der Waals surface area contributed by atoms with Gasteiger partial charge in [0.15, 0.2) is 5.78 Å². The van der Waals surface area contributed by atoms with Crippen molar-refractivity contribution in [2.24, 2.45) is 0 Å². The van der Waals surface area contributed by atoms with Gasteiger partial charge in [-0.25, -0.2) is 0 Å². The molecule has 1 aliphatic heterocycles. The van der Waals surface area contributed by atoms with Gasteiger partial charge in [0, 0.05) is 42.4 Å². The highest BCUT2D eigenvalue weighted by Crippen LogP contribution is 2.35. The molecule has 0 aliphatic carbocycles. The first kappa shape index (κ1) is 20.1. The highest BCUT2D eigenvalue weighted by Gasteiger charge is 2.29. The van der Waals surface area contributed by atoms with Gasteiger partial charge in [0.2, 0.25) is 0 Å². The van der Waals surface area contributed by atoms with Gasteiger partial charge in [0.25, 0.3) is 5.69 Å². The minimum Gasteiger partial charge on any atom is -0.368 e. The number of nitrogens with zero attached hydrogens (tertiary/aromatic N) is 2. The van der Waals surface area contributed by atoms with E-state index in [1.54, 1.807) is 12.1 Å². The number of hydrogen-bond donors (Lipinski definition) is 0. The monoisotopic (exact) mass is 380 g/mol. The molecule has 28 heavy (non-hydrogen) atoms. The first-order valence-electron chi connectivity index (χ1n) is 10.2. The lowest BCUT2D eigenvalue weighted by molar-refractivity contribution is -0.384. The van der Waals surface area contributed by atoms with Crippen molar-refractivity contribution in [2.75, 3.05) is 11.4 Å². The number of carbonyl (C=O) groups excluding carboxylic acids is 1. The number of nitro benzene ring substituents is 1. The zero-order valence-corrected chi connectivity index (χ0v) is 16.5. The summed E-state index contributed by atoms with van der Waals surface area (Å²) in [4.78, 5) is 25.9. The maximum Gasteiger partial charge on any atom is 0.269 e. The number of fused-ring (bicyclic) bond motifs is 1. The summed E-state index contributed by atoms with van der Waals surface area (Å²) < 4.78 is 0. The van der Waals surface area contributed by atoms with E-state index in [2.05, 4.69) is 11.8 Å². The number of benzene rings is 2. The second-order valence-corrected chi connectivity index (χ2v) is 7.51. The zero-order valence-electron chi connectivity index (χ0n) is 16.5. The molecule has 3 rings (SSSR count). The number of carbonyl (C=O) groups is 1. The van der Waals surface area contributed by atoms with Crippen LogP contribution in [0.25, 0.3) is 0 Å². The smallest absolute Gasteiger partial charge is 0.269 e. The van der Waals surface area contributed by atoms with Crippen molar-refractivity contribution in [3.63, 3.8) is 0 Å². The summed E-state index contributed by atoms with van der Waals surface area (Å²) in [6, 6.07) is 14.7. The van der Waals surface area contributed by atoms with Crippen molar-refractivity contribution in [2.45, 2.75) is 57.9 Å². The van der Waals surface area contributed by atoms with Crippen LogP contribution in [0.2, 0.25) is 0 Å². The van der Waals surface area contributed by atoms with Gasteiger partial charge in [-0.15, -0.1) is 0 Å². The van der Waals surface area contributed by atoms with Crippen LogP contribution in [0.1, 0.15) is 61.4 Å². The van der Waals surface area contributed by atoms with Crippen molar-refractivity contribution in [3.05, 3.63) is 69.8 Å². The van der Waals surface area contributed by atoms with Crippen LogP contribution in [-0.4, -0.2) is 23.3 Å². The van der Waals surface area contributed by atoms with E-state index in [1.807, 2.05) is 36.4 Å². The summed E-state index contributed by atoms with van der Waals surface area (Å²) in [5.74, 6) is 0.162. The van der Waals surface area contributed by atoms with Gasteiger partial charge in [-0.3, -0.25) is 14.9 Å². The fourth-order valence-electron chi connectivity index (χ4n) is 4.02. The topological polar surface area (TPSA) is 63.4 Å². The van der Waals surface area contributed by atoms with Crippen LogP contribution in [0.3, 0.4) is 0 Å². The molecule has 1 aliphatic rings. The number of ketones is 1. The number of nitro groups is 1. The van der Waals surface area contributed by atoms with Crippen molar-refractivity contribution in [1.82, 2.24) is 0 Å². The normalized spacial score (nSPS) is 15.9. The van der Waals surface area contributed by atoms with Gasteiger partial charge in [0.1, 0.15) is 0 Å². The molecule has 0 spiro atoms. The standard InChI is InChI=1S/C23H28N2O3/c1-2-3-4-8-15-24-20(17-23(26)18-9-6-5-7-10-18)12-11-19-16-21(25(27)28)13-14-22(19)24/h5-7,9-10,13-14,16,20H,2-4,8,11-12,15,17H2,1H3/t20-/m1/s1. The molecule has 0 bridgehead atoms. The van der Waals surface area contributed by atoms with E-state index in [0.717, 1.165) is 49.0 Å². The Balaban J connectivity index is 1.80. The molecule has 0 saturated heterocycles. The second-order valence-electron chi connectivity index (χ2n) is 7.51. The van der Waals surface area contributed by atoms with Crippen LogP contribution in [0.15, 0.2) is 48.5 Å². The Labute approximate surface area is 166 Å². The molecule has 2 aromatic carbocycles. The van der Waals surface area contributed by atoms with Gasteiger partial charge in [-0.1, -0.05) is 56.5 Å². The fraction of sp³-hybridized carbons (Fsp3) is 0.435. The second kappa shape index (κ2) is 9.49. The molecule has 0 aromatic heterocycles. The molecule has 1 heterocycles. The summed E-state index contributed by atoms with van der Waals surface area (Å²) in [7, 11) is 0. The van der Waals surface area contributed by atoms with Gasteiger partial charge in [-0.05, 0) is 30.9 Å². The van der Waals surface area contributed by atoms with Crippen molar-refractivity contribution in [1.29, 1.82) is 0 Å². The van der Waals surface area contributed by atoms with Crippen molar-refractivity contribution in [3.8, 4) is 0 Å². The minimum atomic E-state index is -0.336. The molecular formula is C23H28N2O3. The predicted octanol–water partition coefficient (Wildman–Crippen LogP) is 5.57. The van der Waals surface area contributed by atoms with Crippen LogP contribution in [0.5, 0.6) is 0 Å². The van der Waals surface area contributed by atoms with Gasteiger partial charge in [0.05, 0.1) is 4.92 Å². The summed E-state index contributed by atoms with van der Waals surface area (Å²) in [5, 5.41) is 11.1. The number of rotatable bonds is 9. The maximum absolute atomic E-state index is 12.8. The lowest BCUT2D eigenvalue weighted by atomic mass is 9.90. The first-order chi connectivity index (χ1) is 13.6. The third kappa shape index (κ3) is 4.77. The summed E-state index contributed by atoms with van der Waals surface area (Å²) in [5.41, 5.74) is 2.97. The van der Waals surface area contributed by atoms with E-state index in [0.29, 0.717) is 6.42 Å². The molecule has 0 amide bonds. The van der Waals surface area contributed by atoms with Crippen LogP contribution in [-0.2, 0) is 6.42 Å². The number of anilines is 1. The lowest BCUT2D eigenvalue weighted by Crippen LogP contribution is -2.41. The molecule has 2 aromatic rings. The number of Topliss-reactive ketones (excluding diaryl/α,β-unsaturated/α-hetero) is 1. The SMILES string of the molecule is CCCCCCN1c2ccc([N+](=O)[O-])cc2CC[C@@H]1CC(=O)c1ccccc1. The maximum atomic E-state index is 12.8. The number of unbranched alkanes of at least 4 members (excludes halogenated alkanes) is 3. The highest BCUT2D eigenvalue weighted by molar-refractivity contribution is 5.96. The quantitative estimate of drug-likeness (QED) is 0.247. The van der Waals surface area contributed by atoms with E-state index in [1.165, 1.54) is 12.8 Å². The van der Waals surface area contributed by atoms with E-state index in [-0.39, 0.29) is 22.4 Å². The van der Waals surface area contributed by atoms with Crippen LogP contribution >= 0.6 is 0 Å². The molecule has 148 valence electrons. The van der Waals surface area contributed by atoms with Gasteiger partial charge in [-0.2, -0.15) is 0 Å². The summed E-state index contributed by atoms with van der Waals surface area (Å²) in [6.07, 6.45) is 6.71. The van der Waals surface area contributed by atoms with E-state index in [4.69, 9.17) is 0 Å². The third-order valence-corrected chi connectivity index (χ3v) is 5.54. The molecule has 1 atom stereocenters. The summed E-state index contributed by atoms with van der Waals surface area (Å²) >= 11 is 0. The Bertz CT molecular complexity index is 820. The van der Waals surface area contributed by atoms with Crippen LogP contribution < -0.4 is 4.90 Å². The third-order valence-electron chi connectivity index (χ3n) is 5.54. The van der Waals surface area contributed by atoms with Crippen molar-refractivity contribution >= 4 is 17.2 Å². The van der Waals surface area contributed by atoms with Crippen molar-refractivity contribution < 1.29 is 9.72 Å². The van der Waals surface area contributed by atoms with E-state index < -0.39 is 0 Å². The minimum absolute atomic E-state index is 0.142. The molecule has 5 heteroatoms. The molecule has 0 unspecified atom stereocenters. The molecule has 0 saturated carbocycles. The Morgan fingerprint density at radius 1 is 1.14 bits per heavy atom. The molecule has 0 N–H and O–H groups in total. The van der Waals surface area contributed by atoms with E-state index in [9.17, 15) is 14.9 Å². The number of non-ortho nitro benzene ring substituents is 1. The van der Waals surface area contributed by atoms with E-state index >= 15 is 0 Å². The molecule has 0 radical (unpaired) electrons. The Hall–Kier alpha value is -2.69. The average molecular weight is 380 g/mol. The Kier molecular flexibility index (Phi) is 6.80. The first-order valence-corrected chi connectivity index (χ1v) is 10.2. The zero-order chi connectivity index (χ0) is 19.9. The molecule has 0 fully saturated rings. The lowest BCUT2D eigenvalue weighted by Gasteiger charge is -2.39. The Morgan fingerprint density at radius 3 is 2.64 bits per heavy atom. The largest absolute Gasteiger partial charge is 0.368 e. The van der Waals surface area contributed by atoms with Crippen LogP contribution in [0.4, 0.5) is 11.4 Å². The number of hydrogen-bond acceptors (Lipinski definition) is 4. The fourth-order valence-corrected chi connectivity index (χ4v) is 4.02. The average Bonchev–Trinajstić information content (AvgIpc) is 2.72. The van der Waals surface area contributed by atoms with Gasteiger partial charge >= 0.3 is 0 Å². The number of aryl methyl sites for hydroxylation is 1.